The van der Waals surface area contributed by atoms with E-state index in [1.54, 1.807) is 12.1 Å². The van der Waals surface area contributed by atoms with Crippen LogP contribution in [0.2, 0.25) is 0 Å². The van der Waals surface area contributed by atoms with Crippen molar-refractivity contribution < 1.29 is 17.0 Å². The Kier molecular flexibility index (Phi) is 5.31. The summed E-state index contributed by atoms with van der Waals surface area (Å²) in [5.74, 6) is 2.99. The summed E-state index contributed by atoms with van der Waals surface area (Å²) in [6, 6.07) is 10.4. The van der Waals surface area contributed by atoms with Crippen LogP contribution >= 0.6 is 0 Å². The van der Waals surface area contributed by atoms with Crippen LogP contribution in [0.5, 0.6) is 5.75 Å². The van der Waals surface area contributed by atoms with Gasteiger partial charge in [-0.25, -0.2) is 0 Å². The number of methoxy groups -OCH3 is 1. The monoisotopic (exact) mass is 515 g/mol. The van der Waals surface area contributed by atoms with Gasteiger partial charge in [-0.3, -0.25) is 9.78 Å². The SMILES string of the molecule is C#Cc1ccc2c(c1)[nH]c1c2c(=O)c2cc(OC)c(-c3cncc(S(=O)(=O)F)c3)cc2n1C1CCCC1. The van der Waals surface area contributed by atoms with Crippen molar-refractivity contribution in [2.24, 2.45) is 0 Å². The molecule has 0 aliphatic heterocycles. The van der Waals surface area contributed by atoms with Gasteiger partial charge in [-0.1, -0.05) is 24.8 Å². The Morgan fingerprint density at radius 1 is 1.14 bits per heavy atom. The van der Waals surface area contributed by atoms with Gasteiger partial charge in [0.2, 0.25) is 0 Å². The number of fused-ring (bicyclic) bond motifs is 4. The Hall–Kier alpha value is -4.16. The van der Waals surface area contributed by atoms with E-state index in [0.717, 1.165) is 42.8 Å². The van der Waals surface area contributed by atoms with E-state index in [1.807, 2.05) is 18.2 Å². The second kappa shape index (κ2) is 8.46. The quantitative estimate of drug-likeness (QED) is 0.253. The molecule has 1 fully saturated rings. The molecule has 2 aromatic carbocycles. The summed E-state index contributed by atoms with van der Waals surface area (Å²) in [6.07, 6.45) is 12.1. The number of terminal acetylenes is 1. The molecule has 5 aromatic rings. The number of nitrogens with zero attached hydrogens (tertiary/aromatic N) is 2. The molecule has 3 aromatic heterocycles. The van der Waals surface area contributed by atoms with Crippen LogP contribution in [-0.4, -0.2) is 30.1 Å². The summed E-state index contributed by atoms with van der Waals surface area (Å²) in [6.45, 7) is 0. The third-order valence-corrected chi connectivity index (χ3v) is 8.02. The Morgan fingerprint density at radius 3 is 2.62 bits per heavy atom. The number of hydrogen-bond donors (Lipinski definition) is 1. The maximum Gasteiger partial charge on any atom is 0.333 e. The zero-order valence-corrected chi connectivity index (χ0v) is 20.7. The second-order valence-corrected chi connectivity index (χ2v) is 10.7. The van der Waals surface area contributed by atoms with Gasteiger partial charge >= 0.3 is 10.2 Å². The predicted molar refractivity (Wildman–Crippen MR) is 141 cm³/mol. The van der Waals surface area contributed by atoms with Crippen molar-refractivity contribution in [3.05, 3.63) is 64.6 Å². The van der Waals surface area contributed by atoms with E-state index < -0.39 is 15.1 Å². The smallest absolute Gasteiger partial charge is 0.333 e. The molecule has 0 saturated heterocycles. The molecule has 186 valence electrons. The van der Waals surface area contributed by atoms with E-state index >= 15 is 0 Å². The lowest BCUT2D eigenvalue weighted by Gasteiger charge is -2.21. The molecule has 0 atom stereocenters. The van der Waals surface area contributed by atoms with Gasteiger partial charge < -0.3 is 14.3 Å². The third kappa shape index (κ3) is 3.67. The van der Waals surface area contributed by atoms with Crippen LogP contribution in [-0.2, 0) is 10.2 Å². The molecule has 0 radical (unpaired) electrons. The molecule has 0 unspecified atom stereocenters. The second-order valence-electron chi connectivity index (χ2n) is 9.31. The maximum absolute atomic E-state index is 13.9. The van der Waals surface area contributed by atoms with Gasteiger partial charge in [-0.15, -0.1) is 10.3 Å². The van der Waals surface area contributed by atoms with Gasteiger partial charge in [0.05, 0.1) is 23.4 Å². The van der Waals surface area contributed by atoms with Crippen LogP contribution in [0.25, 0.3) is 44.0 Å². The van der Waals surface area contributed by atoms with Gasteiger partial charge in [-0.2, -0.15) is 8.42 Å². The molecule has 1 N–H and O–H groups in total. The van der Waals surface area contributed by atoms with Crippen LogP contribution < -0.4 is 10.2 Å². The first-order chi connectivity index (χ1) is 17.8. The topological polar surface area (TPSA) is 94.1 Å². The number of aromatic nitrogens is 3. The highest BCUT2D eigenvalue weighted by molar-refractivity contribution is 7.86. The molecule has 1 saturated carbocycles. The van der Waals surface area contributed by atoms with E-state index in [4.69, 9.17) is 11.2 Å². The first kappa shape index (κ1) is 23.3. The minimum atomic E-state index is -4.95. The number of H-pyrrole nitrogens is 1. The summed E-state index contributed by atoms with van der Waals surface area (Å²) >= 11 is 0. The van der Waals surface area contributed by atoms with Crippen molar-refractivity contribution in [3.8, 4) is 29.2 Å². The summed E-state index contributed by atoms with van der Waals surface area (Å²) < 4.78 is 44.6. The predicted octanol–water partition coefficient (Wildman–Crippen LogP) is 5.46. The number of pyridine rings is 2. The molecule has 3 heterocycles. The standard InChI is InChI=1S/C28H22FN3O4S/c1-3-16-8-9-20-23(10-16)31-28-26(20)27(33)22-13-25(36-2)21(12-24(22)32(28)18-6-4-5-7-18)17-11-19(15-30-14-17)37(29,34)35/h1,8-15,18,31H,4-7H2,2H3. The fourth-order valence-corrected chi connectivity index (χ4v) is 5.98. The zero-order chi connectivity index (χ0) is 25.9. The number of aromatic amines is 1. The molecule has 1 aliphatic carbocycles. The first-order valence-electron chi connectivity index (χ1n) is 11.9. The number of ether oxygens (including phenoxy) is 1. The van der Waals surface area contributed by atoms with Gasteiger partial charge in [-0.05, 0) is 43.2 Å². The number of nitrogens with one attached hydrogen (secondary N) is 1. The number of benzene rings is 2. The van der Waals surface area contributed by atoms with Crippen molar-refractivity contribution in [1.29, 1.82) is 0 Å². The van der Waals surface area contributed by atoms with Crippen LogP contribution in [0, 0.1) is 12.3 Å². The Balaban J connectivity index is 1.74. The molecular weight excluding hydrogens is 493 g/mol. The minimum Gasteiger partial charge on any atom is -0.496 e. The van der Waals surface area contributed by atoms with E-state index in [2.05, 4.69) is 20.5 Å². The lowest BCUT2D eigenvalue weighted by Crippen LogP contribution is -2.14. The first-order valence-corrected chi connectivity index (χ1v) is 13.3. The zero-order valence-electron chi connectivity index (χ0n) is 19.9. The van der Waals surface area contributed by atoms with Gasteiger partial charge in [0, 0.05) is 46.0 Å². The maximum atomic E-state index is 13.9. The molecule has 6 rings (SSSR count). The normalized spacial score (nSPS) is 14.5. The highest BCUT2D eigenvalue weighted by atomic mass is 32.3. The fourth-order valence-electron chi connectivity index (χ4n) is 5.52. The highest BCUT2D eigenvalue weighted by Gasteiger charge is 2.25. The van der Waals surface area contributed by atoms with E-state index in [1.165, 1.54) is 19.4 Å². The minimum absolute atomic E-state index is 0.151. The number of hydrogen-bond acceptors (Lipinski definition) is 5. The third-order valence-electron chi connectivity index (χ3n) is 7.23. The summed E-state index contributed by atoms with van der Waals surface area (Å²) in [5, 5.41) is 1.85. The molecule has 37 heavy (non-hydrogen) atoms. The Morgan fingerprint density at radius 2 is 1.92 bits per heavy atom. The van der Waals surface area contributed by atoms with Crippen molar-refractivity contribution in [3.63, 3.8) is 0 Å². The molecular formula is C28H22FN3O4S. The Bertz CT molecular complexity index is 1940. The summed E-state index contributed by atoms with van der Waals surface area (Å²) in [5.41, 5.74) is 3.59. The van der Waals surface area contributed by atoms with Crippen LogP contribution in [0.15, 0.2) is 58.5 Å². The number of halogens is 1. The lowest BCUT2D eigenvalue weighted by molar-refractivity contribution is 0.417. The average molecular weight is 516 g/mol. The fraction of sp³-hybridized carbons (Fsp3) is 0.214. The van der Waals surface area contributed by atoms with Crippen LogP contribution in [0.4, 0.5) is 3.89 Å². The average Bonchev–Trinajstić information content (AvgIpc) is 3.56. The molecule has 0 bridgehead atoms. The van der Waals surface area contributed by atoms with Gasteiger partial charge in [0.25, 0.3) is 0 Å². The van der Waals surface area contributed by atoms with Crippen molar-refractivity contribution in [1.82, 2.24) is 14.5 Å². The number of rotatable bonds is 4. The van der Waals surface area contributed by atoms with Crippen LogP contribution in [0.1, 0.15) is 37.3 Å². The summed E-state index contributed by atoms with van der Waals surface area (Å²) in [4.78, 5) is 20.7. The van der Waals surface area contributed by atoms with Crippen molar-refractivity contribution in [2.75, 3.05) is 7.11 Å². The van der Waals surface area contributed by atoms with Gasteiger partial charge in [0.15, 0.2) is 5.43 Å². The summed E-state index contributed by atoms with van der Waals surface area (Å²) in [7, 11) is -3.48. The lowest BCUT2D eigenvalue weighted by atomic mass is 10.0. The molecule has 7 nitrogen and oxygen atoms in total. The highest BCUT2D eigenvalue weighted by Crippen LogP contribution is 2.40. The van der Waals surface area contributed by atoms with Crippen molar-refractivity contribution >= 4 is 43.1 Å². The Labute approximate surface area is 212 Å². The largest absolute Gasteiger partial charge is 0.496 e. The molecule has 0 spiro atoms. The van der Waals surface area contributed by atoms with E-state index in [9.17, 15) is 17.1 Å². The van der Waals surface area contributed by atoms with Crippen molar-refractivity contribution in [2.45, 2.75) is 36.6 Å². The van der Waals surface area contributed by atoms with E-state index in [-0.39, 0.29) is 11.5 Å². The molecule has 0 amide bonds. The van der Waals surface area contributed by atoms with Gasteiger partial charge in [0.1, 0.15) is 16.3 Å². The molecule has 9 heteroatoms. The molecule has 1 aliphatic rings. The van der Waals surface area contributed by atoms with Crippen LogP contribution in [0.3, 0.4) is 0 Å². The van der Waals surface area contributed by atoms with E-state index in [0.29, 0.717) is 44.4 Å².